The number of hydrogen-bond donors (Lipinski definition) is 1. The molecular weight excluding hydrogens is 489 g/mol. The second-order valence-electron chi connectivity index (χ2n) is 10.4. The van der Waals surface area contributed by atoms with Crippen LogP contribution in [-0.2, 0) is 17.8 Å². The van der Waals surface area contributed by atoms with Gasteiger partial charge in [0.25, 0.3) is 0 Å². The van der Waals surface area contributed by atoms with E-state index in [0.717, 1.165) is 48.4 Å². The molecule has 0 aromatic heterocycles. The van der Waals surface area contributed by atoms with Crippen LogP contribution in [0.1, 0.15) is 90.9 Å². The number of aryl methyl sites for hydroxylation is 1. The van der Waals surface area contributed by atoms with Crippen molar-refractivity contribution in [1.29, 1.82) is 0 Å². The minimum atomic E-state index is -1.36. The fourth-order valence-electron chi connectivity index (χ4n) is 5.09. The number of carboxylic acid groups (broad SMARTS) is 1. The van der Waals surface area contributed by atoms with E-state index in [1.807, 2.05) is 24.3 Å². The maximum absolute atomic E-state index is 14.1. The third kappa shape index (κ3) is 8.04. The summed E-state index contributed by atoms with van der Waals surface area (Å²) >= 11 is 0. The van der Waals surface area contributed by atoms with E-state index in [4.69, 9.17) is 0 Å². The van der Waals surface area contributed by atoms with Crippen LogP contribution < -0.4 is 4.90 Å². The lowest BCUT2D eigenvalue weighted by Gasteiger charge is -2.24. The monoisotopic (exact) mass is 525 g/mol. The smallest absolute Gasteiger partial charge is 0.338 e. The van der Waals surface area contributed by atoms with Crippen LogP contribution in [-0.4, -0.2) is 17.0 Å². The molecule has 0 saturated heterocycles. The molecule has 5 heteroatoms. The second-order valence-corrected chi connectivity index (χ2v) is 10.4. The quantitative estimate of drug-likeness (QED) is 0.275. The van der Waals surface area contributed by atoms with Gasteiger partial charge in [-0.1, -0.05) is 75.1 Å². The van der Waals surface area contributed by atoms with Crippen molar-refractivity contribution in [2.45, 2.75) is 71.3 Å². The third-order valence-electron chi connectivity index (χ3n) is 7.45. The van der Waals surface area contributed by atoms with Gasteiger partial charge in [-0.2, -0.15) is 0 Å². The molecule has 4 nitrogen and oxygen atoms in total. The maximum Gasteiger partial charge on any atom is 0.338 e. The van der Waals surface area contributed by atoms with Gasteiger partial charge in [0.05, 0.1) is 12.1 Å². The molecule has 1 N–H and O–H groups in total. The minimum absolute atomic E-state index is 0.0869. The van der Waals surface area contributed by atoms with Gasteiger partial charge in [0.1, 0.15) is 5.82 Å². The van der Waals surface area contributed by atoms with Gasteiger partial charge in [0.15, 0.2) is 0 Å². The molecule has 0 bridgehead atoms. The van der Waals surface area contributed by atoms with Crippen molar-refractivity contribution in [2.75, 3.05) is 4.90 Å². The summed E-state index contributed by atoms with van der Waals surface area (Å²) < 4.78 is 14.1. The molecule has 3 aromatic rings. The lowest BCUT2D eigenvalue weighted by Crippen LogP contribution is -2.30. The van der Waals surface area contributed by atoms with Gasteiger partial charge in [-0.3, -0.25) is 4.79 Å². The third-order valence-corrected chi connectivity index (χ3v) is 7.45. The lowest BCUT2D eigenvalue weighted by atomic mass is 10.0. The lowest BCUT2D eigenvalue weighted by molar-refractivity contribution is -0.119. The number of carboxylic acids is 1. The van der Waals surface area contributed by atoms with Gasteiger partial charge in [-0.15, -0.1) is 0 Å². The molecule has 39 heavy (non-hydrogen) atoms. The van der Waals surface area contributed by atoms with Gasteiger partial charge >= 0.3 is 5.97 Å². The van der Waals surface area contributed by atoms with E-state index >= 15 is 0 Å². The molecule has 4 rings (SSSR count). The molecule has 1 fully saturated rings. The zero-order valence-electron chi connectivity index (χ0n) is 22.6. The highest BCUT2D eigenvalue weighted by molar-refractivity contribution is 5.95. The average molecular weight is 526 g/mol. The summed E-state index contributed by atoms with van der Waals surface area (Å²) in [6, 6.07) is 19.9. The number of carbonyl (C=O) groups is 2. The Hall–Kier alpha value is -3.91. The summed E-state index contributed by atoms with van der Waals surface area (Å²) in [6.07, 6.45) is 9.37. The number of aromatic carboxylic acids is 1. The first-order valence-corrected chi connectivity index (χ1v) is 14.0. The van der Waals surface area contributed by atoms with Gasteiger partial charge in [-0.05, 0) is 78.8 Å². The first-order valence-electron chi connectivity index (χ1n) is 14.0. The summed E-state index contributed by atoms with van der Waals surface area (Å²) in [4.78, 5) is 26.4. The molecule has 0 radical (unpaired) electrons. The van der Waals surface area contributed by atoms with E-state index in [1.54, 1.807) is 4.90 Å². The van der Waals surface area contributed by atoms with Crippen molar-refractivity contribution in [2.24, 2.45) is 5.92 Å². The summed E-state index contributed by atoms with van der Waals surface area (Å²) in [5.74, 6) is 4.71. The maximum atomic E-state index is 14.1. The number of rotatable bonds is 10. The Morgan fingerprint density at radius 2 is 1.54 bits per heavy atom. The van der Waals surface area contributed by atoms with Crippen LogP contribution in [0, 0.1) is 23.6 Å². The SMILES string of the molecule is CCCCc1ccc(C#Cc2ccc(CN(C(=O)CCC3CCCC3)c3ccc(F)c(C(=O)O)c3)cc2)cc1. The molecule has 0 aliphatic heterocycles. The van der Waals surface area contributed by atoms with Crippen molar-refractivity contribution in [3.63, 3.8) is 0 Å². The molecule has 202 valence electrons. The molecule has 3 aromatic carbocycles. The first-order chi connectivity index (χ1) is 18.9. The van der Waals surface area contributed by atoms with Gasteiger partial charge in [0, 0.05) is 23.2 Å². The number of hydrogen-bond acceptors (Lipinski definition) is 2. The molecule has 0 atom stereocenters. The van der Waals surface area contributed by atoms with Crippen LogP contribution in [0.2, 0.25) is 0 Å². The van der Waals surface area contributed by atoms with E-state index in [-0.39, 0.29) is 12.5 Å². The van der Waals surface area contributed by atoms with Crippen molar-refractivity contribution >= 4 is 17.6 Å². The standard InChI is InChI=1S/C34H36FNO3/c1-2-3-6-26-9-11-27(12-10-26)13-14-28-15-17-29(18-16-28)24-36(33(37)22-19-25-7-4-5-8-25)30-20-21-32(35)31(23-30)34(38)39/h9-12,15-18,20-21,23,25H,2-8,19,22,24H2,1H3,(H,38,39). The van der Waals surface area contributed by atoms with Crippen molar-refractivity contribution in [3.8, 4) is 11.8 Å². The van der Waals surface area contributed by atoms with Crippen LogP contribution in [0.5, 0.6) is 0 Å². The van der Waals surface area contributed by atoms with E-state index < -0.39 is 17.3 Å². The first kappa shape index (κ1) is 28.1. The van der Waals surface area contributed by atoms with Crippen LogP contribution in [0.15, 0.2) is 66.7 Å². The molecule has 1 amide bonds. The Labute approximate surface area is 230 Å². The molecular formula is C34H36FNO3. The van der Waals surface area contributed by atoms with Crippen LogP contribution in [0.3, 0.4) is 0 Å². The van der Waals surface area contributed by atoms with E-state index in [9.17, 15) is 19.1 Å². The Kier molecular flexibility index (Phi) is 9.91. The fourth-order valence-corrected chi connectivity index (χ4v) is 5.09. The van der Waals surface area contributed by atoms with Crippen LogP contribution in [0.25, 0.3) is 0 Å². The zero-order valence-corrected chi connectivity index (χ0v) is 22.6. The number of nitrogens with zero attached hydrogens (tertiary/aromatic N) is 1. The van der Waals surface area contributed by atoms with Crippen molar-refractivity contribution in [1.82, 2.24) is 0 Å². The molecule has 1 aliphatic rings. The minimum Gasteiger partial charge on any atom is -0.478 e. The average Bonchev–Trinajstić information content (AvgIpc) is 3.48. The van der Waals surface area contributed by atoms with Gasteiger partial charge in [0.2, 0.25) is 5.91 Å². The summed E-state index contributed by atoms with van der Waals surface area (Å²) in [5, 5.41) is 9.40. The summed E-state index contributed by atoms with van der Waals surface area (Å²) in [5.41, 5.74) is 3.98. The number of halogens is 1. The highest BCUT2D eigenvalue weighted by atomic mass is 19.1. The largest absolute Gasteiger partial charge is 0.478 e. The Morgan fingerprint density at radius 1 is 0.923 bits per heavy atom. The summed E-state index contributed by atoms with van der Waals surface area (Å²) in [6.45, 7) is 2.46. The molecule has 1 saturated carbocycles. The topological polar surface area (TPSA) is 57.6 Å². The number of unbranched alkanes of at least 4 members (excludes halogenated alkanes) is 1. The molecule has 0 heterocycles. The highest BCUT2D eigenvalue weighted by Crippen LogP contribution is 2.30. The number of anilines is 1. The van der Waals surface area contributed by atoms with Crippen molar-refractivity contribution < 1.29 is 19.1 Å². The normalized spacial score (nSPS) is 13.1. The fraction of sp³-hybridized carbons (Fsp3) is 0.353. The van der Waals surface area contributed by atoms with E-state index in [2.05, 4.69) is 43.0 Å². The Bertz CT molecular complexity index is 1330. The Morgan fingerprint density at radius 3 is 2.13 bits per heavy atom. The Balaban J connectivity index is 1.48. The number of benzene rings is 3. The van der Waals surface area contributed by atoms with Crippen LogP contribution in [0.4, 0.5) is 10.1 Å². The predicted octanol–water partition coefficient (Wildman–Crippen LogP) is 7.77. The summed E-state index contributed by atoms with van der Waals surface area (Å²) in [7, 11) is 0. The highest BCUT2D eigenvalue weighted by Gasteiger charge is 2.22. The van der Waals surface area contributed by atoms with Crippen molar-refractivity contribution in [3.05, 3.63) is 100 Å². The van der Waals surface area contributed by atoms with E-state index in [0.29, 0.717) is 18.0 Å². The van der Waals surface area contributed by atoms with Crippen LogP contribution >= 0.6 is 0 Å². The molecule has 0 unspecified atom stereocenters. The molecule has 0 spiro atoms. The number of amides is 1. The van der Waals surface area contributed by atoms with E-state index in [1.165, 1.54) is 43.4 Å². The molecule has 1 aliphatic carbocycles. The van der Waals surface area contributed by atoms with Gasteiger partial charge in [-0.25, -0.2) is 9.18 Å². The van der Waals surface area contributed by atoms with Gasteiger partial charge < -0.3 is 10.0 Å². The zero-order chi connectivity index (χ0) is 27.6. The predicted molar refractivity (Wildman–Crippen MR) is 153 cm³/mol. The second kappa shape index (κ2) is 13.8. The number of carbonyl (C=O) groups excluding carboxylic acids is 1.